The summed E-state index contributed by atoms with van der Waals surface area (Å²) in [6.45, 7) is 13.2. The summed E-state index contributed by atoms with van der Waals surface area (Å²) in [5.74, 6) is 2.35. The van der Waals surface area contributed by atoms with Gasteiger partial charge in [0.15, 0.2) is 0 Å². The largest absolute Gasteiger partial charge is 0.412 e. The highest BCUT2D eigenvalue weighted by molar-refractivity contribution is 5.38. The zero-order chi connectivity index (χ0) is 22.1. The molecule has 7 atom stereocenters. The highest BCUT2D eigenvalue weighted by atomic mass is 16.3. The van der Waals surface area contributed by atoms with Gasteiger partial charge in [-0.2, -0.15) is 0 Å². The zero-order valence-electron chi connectivity index (χ0n) is 20.1. The van der Waals surface area contributed by atoms with Crippen molar-refractivity contribution < 1.29 is 20.8 Å². The smallest absolute Gasteiger partial charge is 0.0811 e. The molecule has 31 heavy (non-hydrogen) atoms. The molecule has 0 aliphatic heterocycles. The summed E-state index contributed by atoms with van der Waals surface area (Å²) in [5.41, 5.74) is 3.69. The van der Waals surface area contributed by atoms with E-state index in [0.29, 0.717) is 36.0 Å². The molecule has 0 radical (unpaired) electrons. The van der Waals surface area contributed by atoms with E-state index in [4.69, 9.17) is 0 Å². The molecule has 5 N–H and O–H groups in total. The number of fused-ring (bicyclic) bond motifs is 1. The maximum Gasteiger partial charge on any atom is 0.0811 e. The SMILES string of the molecule is C=C1C(=C/C=C2\CCC[C@]3(C)[C@@H]([C@H](C)CC[C@@H](O)C(C)C)CC[C@@H]23)C[C@H](O)C[C@H]1O.O. The van der Waals surface area contributed by atoms with E-state index in [1.807, 2.05) is 0 Å². The van der Waals surface area contributed by atoms with E-state index >= 15 is 0 Å². The van der Waals surface area contributed by atoms with Crippen LogP contribution in [-0.4, -0.2) is 39.1 Å². The first-order valence-corrected chi connectivity index (χ1v) is 12.3. The normalized spacial score (nSPS) is 38.3. The quantitative estimate of drug-likeness (QED) is 0.564. The van der Waals surface area contributed by atoms with Gasteiger partial charge in [0.25, 0.3) is 0 Å². The van der Waals surface area contributed by atoms with Gasteiger partial charge in [0, 0.05) is 6.42 Å². The predicted octanol–water partition coefficient (Wildman–Crippen LogP) is 4.74. The molecule has 0 aromatic carbocycles. The molecule has 0 aromatic rings. The molecular weight excluding hydrogens is 388 g/mol. The Balaban J connectivity index is 0.00000341. The number of hydrogen-bond acceptors (Lipinski definition) is 3. The van der Waals surface area contributed by atoms with Gasteiger partial charge in [0.2, 0.25) is 0 Å². The van der Waals surface area contributed by atoms with E-state index in [1.165, 1.54) is 25.7 Å². The molecule has 3 fully saturated rings. The second-order valence-corrected chi connectivity index (χ2v) is 11.0. The van der Waals surface area contributed by atoms with Crippen LogP contribution in [-0.2, 0) is 0 Å². The fourth-order valence-corrected chi connectivity index (χ4v) is 6.65. The molecular formula is C27H46O4. The molecule has 3 aliphatic carbocycles. The fourth-order valence-electron chi connectivity index (χ4n) is 6.65. The van der Waals surface area contributed by atoms with Crippen molar-refractivity contribution in [2.75, 3.05) is 0 Å². The summed E-state index contributed by atoms with van der Waals surface area (Å²) in [4.78, 5) is 0. The second-order valence-electron chi connectivity index (χ2n) is 11.0. The lowest BCUT2D eigenvalue weighted by Crippen LogP contribution is -2.36. The van der Waals surface area contributed by atoms with Crippen molar-refractivity contribution >= 4 is 0 Å². The molecule has 3 saturated carbocycles. The van der Waals surface area contributed by atoms with E-state index < -0.39 is 12.2 Å². The van der Waals surface area contributed by atoms with Gasteiger partial charge in [-0.05, 0) is 91.6 Å². The summed E-state index contributed by atoms with van der Waals surface area (Å²) in [6, 6.07) is 0. The maximum atomic E-state index is 10.3. The van der Waals surface area contributed by atoms with Gasteiger partial charge < -0.3 is 20.8 Å². The monoisotopic (exact) mass is 434 g/mol. The minimum Gasteiger partial charge on any atom is -0.412 e. The van der Waals surface area contributed by atoms with E-state index in [-0.39, 0.29) is 11.6 Å². The van der Waals surface area contributed by atoms with Gasteiger partial charge in [0.05, 0.1) is 18.3 Å². The highest BCUT2D eigenvalue weighted by Gasteiger charge is 2.50. The maximum absolute atomic E-state index is 10.3. The number of rotatable bonds is 6. The average molecular weight is 435 g/mol. The lowest BCUT2D eigenvalue weighted by Gasteiger charge is -2.44. The van der Waals surface area contributed by atoms with Gasteiger partial charge in [0.1, 0.15) is 0 Å². The van der Waals surface area contributed by atoms with Crippen LogP contribution in [0.5, 0.6) is 0 Å². The van der Waals surface area contributed by atoms with Crippen molar-refractivity contribution in [3.05, 3.63) is 35.5 Å². The Bertz CT molecular complexity index is 679. The van der Waals surface area contributed by atoms with Gasteiger partial charge in [-0.3, -0.25) is 0 Å². The molecule has 4 heteroatoms. The molecule has 4 nitrogen and oxygen atoms in total. The Morgan fingerprint density at radius 2 is 1.84 bits per heavy atom. The Hall–Kier alpha value is -0.940. The molecule has 0 amide bonds. The number of allylic oxidation sites excluding steroid dienone is 3. The third-order valence-electron chi connectivity index (χ3n) is 8.68. The number of hydrogen-bond donors (Lipinski definition) is 3. The molecule has 0 saturated heterocycles. The third kappa shape index (κ3) is 5.71. The molecule has 0 unspecified atom stereocenters. The molecule has 178 valence electrons. The van der Waals surface area contributed by atoms with Gasteiger partial charge >= 0.3 is 0 Å². The Kier molecular flexibility index (Phi) is 9.15. The van der Waals surface area contributed by atoms with Crippen LogP contribution in [0.4, 0.5) is 0 Å². The van der Waals surface area contributed by atoms with E-state index in [0.717, 1.165) is 36.3 Å². The first-order valence-electron chi connectivity index (χ1n) is 12.3. The van der Waals surface area contributed by atoms with Crippen LogP contribution in [0.2, 0.25) is 0 Å². The summed E-state index contributed by atoms with van der Waals surface area (Å²) >= 11 is 0. The van der Waals surface area contributed by atoms with Crippen LogP contribution in [0, 0.1) is 29.1 Å². The first-order chi connectivity index (χ1) is 14.1. The molecule has 3 aliphatic rings. The lowest BCUT2D eigenvalue weighted by atomic mass is 9.60. The lowest BCUT2D eigenvalue weighted by molar-refractivity contribution is 0.0717. The topological polar surface area (TPSA) is 92.2 Å². The van der Waals surface area contributed by atoms with Crippen LogP contribution >= 0.6 is 0 Å². The number of aliphatic hydroxyl groups is 3. The molecule has 0 aromatic heterocycles. The van der Waals surface area contributed by atoms with Crippen molar-refractivity contribution in [1.29, 1.82) is 0 Å². The fraction of sp³-hybridized carbons (Fsp3) is 0.778. The summed E-state index contributed by atoms with van der Waals surface area (Å²) in [5, 5.41) is 30.4. The van der Waals surface area contributed by atoms with Crippen molar-refractivity contribution in [3.8, 4) is 0 Å². The van der Waals surface area contributed by atoms with Crippen molar-refractivity contribution in [1.82, 2.24) is 0 Å². The summed E-state index contributed by atoms with van der Waals surface area (Å²) < 4.78 is 0. The summed E-state index contributed by atoms with van der Waals surface area (Å²) in [7, 11) is 0. The van der Waals surface area contributed by atoms with Crippen LogP contribution in [0.25, 0.3) is 0 Å². The molecule has 0 bridgehead atoms. The highest BCUT2D eigenvalue weighted by Crippen LogP contribution is 2.60. The van der Waals surface area contributed by atoms with Crippen LogP contribution < -0.4 is 0 Å². The second kappa shape index (κ2) is 10.8. The van der Waals surface area contributed by atoms with Gasteiger partial charge in [-0.15, -0.1) is 0 Å². The standard InChI is InChI=1S/C27H44O3.H2O/c1-17(2)25(29)13-8-18(3)23-11-12-24-20(7-6-14-27(23,24)5)9-10-21-15-22(28)16-26(30)19(21)4;/h9-10,17-18,22-26,28-30H,4,6-8,11-16H2,1-3,5H3;1H2/b20-9+,21-10?;/t18-,22+,23-,24+,25-,26-,27-;/m1./s1. The van der Waals surface area contributed by atoms with Crippen LogP contribution in [0.15, 0.2) is 35.5 Å². The summed E-state index contributed by atoms with van der Waals surface area (Å²) in [6.07, 6.45) is 12.4. The Morgan fingerprint density at radius 1 is 1.13 bits per heavy atom. The zero-order valence-corrected chi connectivity index (χ0v) is 20.1. The van der Waals surface area contributed by atoms with E-state index in [1.54, 1.807) is 5.57 Å². The van der Waals surface area contributed by atoms with Gasteiger partial charge in [-0.25, -0.2) is 0 Å². The number of aliphatic hydroxyl groups excluding tert-OH is 3. The van der Waals surface area contributed by atoms with Gasteiger partial charge in [-0.1, -0.05) is 52.0 Å². The van der Waals surface area contributed by atoms with Crippen LogP contribution in [0.3, 0.4) is 0 Å². The minimum atomic E-state index is -0.618. The molecule has 3 rings (SSSR count). The van der Waals surface area contributed by atoms with Crippen molar-refractivity contribution in [3.63, 3.8) is 0 Å². The Labute approximate surface area is 189 Å². The van der Waals surface area contributed by atoms with Crippen molar-refractivity contribution in [2.45, 2.75) is 104 Å². The first kappa shape index (κ1) is 26.3. The van der Waals surface area contributed by atoms with E-state index in [2.05, 4.69) is 46.4 Å². The van der Waals surface area contributed by atoms with Crippen LogP contribution in [0.1, 0.15) is 85.5 Å². The molecule has 0 spiro atoms. The molecule has 0 heterocycles. The van der Waals surface area contributed by atoms with E-state index in [9.17, 15) is 15.3 Å². The predicted molar refractivity (Wildman–Crippen MR) is 128 cm³/mol. The third-order valence-corrected chi connectivity index (χ3v) is 8.68. The minimum absolute atomic E-state index is 0. The average Bonchev–Trinajstić information content (AvgIpc) is 3.04. The Morgan fingerprint density at radius 3 is 2.52 bits per heavy atom. The van der Waals surface area contributed by atoms with Crippen molar-refractivity contribution in [2.24, 2.45) is 29.1 Å².